The molecule has 0 N–H and O–H groups in total. The van der Waals surface area contributed by atoms with Gasteiger partial charge in [-0.3, -0.25) is 0 Å². The van der Waals surface area contributed by atoms with Gasteiger partial charge in [-0.2, -0.15) is 0 Å². The molecule has 17 heavy (non-hydrogen) atoms. The standard InChI is InChI=1S/C13H17NO2S/c1-4-15-13(16-5-2)12-14-10-7-6-9(3)8-11(10)17-12/h6-8,13H,4-5H2,1-3H3. The van der Waals surface area contributed by atoms with E-state index in [0.29, 0.717) is 13.2 Å². The van der Waals surface area contributed by atoms with Crippen molar-refractivity contribution in [2.75, 3.05) is 13.2 Å². The normalized spacial score (nSPS) is 11.5. The fourth-order valence-corrected chi connectivity index (χ4v) is 2.71. The van der Waals surface area contributed by atoms with Crippen molar-refractivity contribution in [1.82, 2.24) is 4.98 Å². The summed E-state index contributed by atoms with van der Waals surface area (Å²) in [6, 6.07) is 6.26. The van der Waals surface area contributed by atoms with Crippen molar-refractivity contribution in [3.8, 4) is 0 Å². The van der Waals surface area contributed by atoms with Crippen LogP contribution in [0.25, 0.3) is 10.2 Å². The highest BCUT2D eigenvalue weighted by molar-refractivity contribution is 7.18. The number of thiazole rings is 1. The Morgan fingerprint density at radius 1 is 1.24 bits per heavy atom. The molecule has 0 spiro atoms. The maximum absolute atomic E-state index is 5.55. The molecule has 0 bridgehead atoms. The van der Waals surface area contributed by atoms with Crippen molar-refractivity contribution in [3.05, 3.63) is 28.8 Å². The first-order valence-corrected chi connectivity index (χ1v) is 6.66. The van der Waals surface area contributed by atoms with Crippen molar-refractivity contribution >= 4 is 21.6 Å². The van der Waals surface area contributed by atoms with Crippen LogP contribution in [0.1, 0.15) is 30.7 Å². The van der Waals surface area contributed by atoms with Gasteiger partial charge < -0.3 is 9.47 Å². The number of ether oxygens (including phenoxy) is 2. The molecule has 1 aromatic carbocycles. The number of aromatic nitrogens is 1. The molecular weight excluding hydrogens is 234 g/mol. The van der Waals surface area contributed by atoms with E-state index in [1.54, 1.807) is 11.3 Å². The zero-order valence-electron chi connectivity index (χ0n) is 10.4. The summed E-state index contributed by atoms with van der Waals surface area (Å²) in [6.45, 7) is 7.26. The highest BCUT2D eigenvalue weighted by Crippen LogP contribution is 2.29. The summed E-state index contributed by atoms with van der Waals surface area (Å²) in [5.74, 6) is 0. The third-order valence-electron chi connectivity index (χ3n) is 2.40. The van der Waals surface area contributed by atoms with Crippen LogP contribution < -0.4 is 0 Å². The molecule has 0 unspecified atom stereocenters. The second-order valence-electron chi connectivity index (χ2n) is 3.77. The molecule has 0 aliphatic carbocycles. The summed E-state index contributed by atoms with van der Waals surface area (Å²) in [6.07, 6.45) is -0.331. The number of hydrogen-bond donors (Lipinski definition) is 0. The van der Waals surface area contributed by atoms with Gasteiger partial charge in [-0.25, -0.2) is 4.98 Å². The number of fused-ring (bicyclic) bond motifs is 1. The summed E-state index contributed by atoms with van der Waals surface area (Å²) in [4.78, 5) is 4.56. The third kappa shape index (κ3) is 2.83. The SMILES string of the molecule is CCOC(OCC)c1nc2ccc(C)cc2s1. The Labute approximate surface area is 105 Å². The molecule has 1 heterocycles. The lowest BCUT2D eigenvalue weighted by Crippen LogP contribution is -2.08. The van der Waals surface area contributed by atoms with E-state index in [2.05, 4.69) is 24.0 Å². The Hall–Kier alpha value is -0.970. The second kappa shape index (κ2) is 5.58. The molecule has 0 aliphatic rings. The van der Waals surface area contributed by atoms with Gasteiger partial charge in [-0.15, -0.1) is 11.3 Å². The van der Waals surface area contributed by atoms with Gasteiger partial charge in [0.15, 0.2) is 5.01 Å². The highest BCUT2D eigenvalue weighted by Gasteiger charge is 2.16. The van der Waals surface area contributed by atoms with E-state index >= 15 is 0 Å². The summed E-state index contributed by atoms with van der Waals surface area (Å²) in [5, 5.41) is 0.898. The minimum atomic E-state index is -0.331. The van der Waals surface area contributed by atoms with Crippen LogP contribution in [0.5, 0.6) is 0 Å². The summed E-state index contributed by atoms with van der Waals surface area (Å²) >= 11 is 1.64. The average molecular weight is 251 g/mol. The first kappa shape index (κ1) is 12.5. The maximum Gasteiger partial charge on any atom is 0.210 e. The first-order chi connectivity index (χ1) is 8.24. The molecule has 2 rings (SSSR count). The van der Waals surface area contributed by atoms with Crippen LogP contribution >= 0.6 is 11.3 Å². The quantitative estimate of drug-likeness (QED) is 0.760. The largest absolute Gasteiger partial charge is 0.347 e. The lowest BCUT2D eigenvalue weighted by Gasteiger charge is -2.13. The Balaban J connectivity index is 2.33. The number of benzene rings is 1. The van der Waals surface area contributed by atoms with E-state index in [1.165, 1.54) is 10.3 Å². The van der Waals surface area contributed by atoms with Crippen LogP contribution in [0.2, 0.25) is 0 Å². The van der Waals surface area contributed by atoms with Crippen LogP contribution in [0.4, 0.5) is 0 Å². The summed E-state index contributed by atoms with van der Waals surface area (Å²) in [7, 11) is 0. The molecule has 92 valence electrons. The van der Waals surface area contributed by atoms with Crippen molar-refractivity contribution in [2.24, 2.45) is 0 Å². The van der Waals surface area contributed by atoms with E-state index in [9.17, 15) is 0 Å². The Bertz CT molecular complexity index is 489. The van der Waals surface area contributed by atoms with Gasteiger partial charge in [-0.05, 0) is 38.5 Å². The fourth-order valence-electron chi connectivity index (χ4n) is 1.64. The van der Waals surface area contributed by atoms with Gasteiger partial charge in [0.25, 0.3) is 0 Å². The topological polar surface area (TPSA) is 31.4 Å². The Kier molecular flexibility index (Phi) is 4.10. The van der Waals surface area contributed by atoms with Gasteiger partial charge in [0.1, 0.15) is 0 Å². The molecule has 2 aromatic rings. The van der Waals surface area contributed by atoms with Crippen LogP contribution in [0.15, 0.2) is 18.2 Å². The molecule has 4 heteroatoms. The van der Waals surface area contributed by atoms with Gasteiger partial charge in [0.2, 0.25) is 6.29 Å². The first-order valence-electron chi connectivity index (χ1n) is 5.85. The van der Waals surface area contributed by atoms with E-state index in [4.69, 9.17) is 9.47 Å². The number of rotatable bonds is 5. The summed E-state index contributed by atoms with van der Waals surface area (Å²) in [5.41, 5.74) is 2.26. The number of aryl methyl sites for hydroxylation is 1. The lowest BCUT2D eigenvalue weighted by molar-refractivity contribution is -0.140. The molecule has 0 atom stereocenters. The molecular formula is C13H17NO2S. The smallest absolute Gasteiger partial charge is 0.210 e. The van der Waals surface area contributed by atoms with Crippen LogP contribution in [-0.2, 0) is 9.47 Å². The Morgan fingerprint density at radius 2 is 1.94 bits per heavy atom. The van der Waals surface area contributed by atoms with Crippen molar-refractivity contribution in [2.45, 2.75) is 27.1 Å². The zero-order valence-corrected chi connectivity index (χ0v) is 11.2. The molecule has 0 fully saturated rings. The minimum absolute atomic E-state index is 0.331. The monoisotopic (exact) mass is 251 g/mol. The van der Waals surface area contributed by atoms with E-state index < -0.39 is 0 Å². The third-order valence-corrected chi connectivity index (χ3v) is 3.44. The Morgan fingerprint density at radius 3 is 2.59 bits per heavy atom. The predicted octanol–water partition coefficient (Wildman–Crippen LogP) is 3.68. The van der Waals surface area contributed by atoms with E-state index in [0.717, 1.165) is 10.5 Å². The van der Waals surface area contributed by atoms with E-state index in [-0.39, 0.29) is 6.29 Å². The minimum Gasteiger partial charge on any atom is -0.347 e. The average Bonchev–Trinajstić information content (AvgIpc) is 2.71. The fraction of sp³-hybridized carbons (Fsp3) is 0.462. The molecule has 0 aliphatic heterocycles. The number of nitrogens with zero attached hydrogens (tertiary/aromatic N) is 1. The van der Waals surface area contributed by atoms with Gasteiger partial charge in [0.05, 0.1) is 10.2 Å². The molecule has 0 saturated heterocycles. The summed E-state index contributed by atoms with van der Waals surface area (Å²) < 4.78 is 12.3. The molecule has 0 radical (unpaired) electrons. The predicted molar refractivity (Wildman–Crippen MR) is 70.4 cm³/mol. The van der Waals surface area contributed by atoms with Gasteiger partial charge in [0, 0.05) is 13.2 Å². The van der Waals surface area contributed by atoms with Crippen LogP contribution in [-0.4, -0.2) is 18.2 Å². The van der Waals surface area contributed by atoms with Crippen molar-refractivity contribution in [1.29, 1.82) is 0 Å². The second-order valence-corrected chi connectivity index (χ2v) is 4.83. The van der Waals surface area contributed by atoms with Crippen LogP contribution in [0, 0.1) is 6.92 Å². The molecule has 1 aromatic heterocycles. The van der Waals surface area contributed by atoms with E-state index in [1.807, 2.05) is 19.9 Å². The lowest BCUT2D eigenvalue weighted by atomic mass is 10.2. The zero-order chi connectivity index (χ0) is 12.3. The van der Waals surface area contributed by atoms with Crippen molar-refractivity contribution < 1.29 is 9.47 Å². The number of hydrogen-bond acceptors (Lipinski definition) is 4. The van der Waals surface area contributed by atoms with Crippen LogP contribution in [0.3, 0.4) is 0 Å². The maximum atomic E-state index is 5.55. The molecule has 0 saturated carbocycles. The van der Waals surface area contributed by atoms with Crippen molar-refractivity contribution in [3.63, 3.8) is 0 Å². The molecule has 0 amide bonds. The van der Waals surface area contributed by atoms with Gasteiger partial charge >= 0.3 is 0 Å². The van der Waals surface area contributed by atoms with Gasteiger partial charge in [-0.1, -0.05) is 6.07 Å². The highest BCUT2D eigenvalue weighted by atomic mass is 32.1. The molecule has 3 nitrogen and oxygen atoms in total.